The van der Waals surface area contributed by atoms with Crippen LogP contribution in [0.2, 0.25) is 0 Å². The molecular weight excluding hydrogens is 342 g/mol. The molecule has 1 aromatic heterocycles. The van der Waals surface area contributed by atoms with Crippen molar-refractivity contribution in [2.75, 3.05) is 31.5 Å². The van der Waals surface area contributed by atoms with Crippen LogP contribution in [-0.4, -0.2) is 58.3 Å². The van der Waals surface area contributed by atoms with Gasteiger partial charge in [-0.05, 0) is 23.1 Å². The van der Waals surface area contributed by atoms with Crippen LogP contribution in [0.5, 0.6) is 0 Å². The highest BCUT2D eigenvalue weighted by atomic mass is 16.2. The van der Waals surface area contributed by atoms with Crippen LogP contribution >= 0.6 is 0 Å². The SMILES string of the molecule is CC(C)(C)c1ccc(Nc2cnc(C(=O)N3CCN(C=O)CC3)cn2)cc1. The lowest BCUT2D eigenvalue weighted by molar-refractivity contribution is -0.119. The summed E-state index contributed by atoms with van der Waals surface area (Å²) in [6.07, 6.45) is 3.86. The van der Waals surface area contributed by atoms with Gasteiger partial charge in [-0.2, -0.15) is 0 Å². The molecule has 3 rings (SSSR count). The fraction of sp³-hybridized carbons (Fsp3) is 0.400. The number of benzene rings is 1. The molecule has 1 saturated heterocycles. The maximum Gasteiger partial charge on any atom is 0.274 e. The predicted molar refractivity (Wildman–Crippen MR) is 104 cm³/mol. The van der Waals surface area contributed by atoms with Gasteiger partial charge in [0.2, 0.25) is 6.41 Å². The number of hydrogen-bond donors (Lipinski definition) is 1. The molecule has 1 N–H and O–H groups in total. The van der Waals surface area contributed by atoms with E-state index in [1.54, 1.807) is 16.0 Å². The number of rotatable bonds is 4. The van der Waals surface area contributed by atoms with Crippen LogP contribution in [0.15, 0.2) is 36.7 Å². The number of piperazine rings is 1. The first-order chi connectivity index (χ1) is 12.9. The zero-order chi connectivity index (χ0) is 19.4. The van der Waals surface area contributed by atoms with Crippen molar-refractivity contribution in [1.82, 2.24) is 19.8 Å². The Kier molecular flexibility index (Phi) is 5.39. The van der Waals surface area contributed by atoms with E-state index in [1.165, 1.54) is 11.8 Å². The predicted octanol–water partition coefficient (Wildman–Crippen LogP) is 2.43. The van der Waals surface area contributed by atoms with Gasteiger partial charge in [-0.3, -0.25) is 9.59 Å². The largest absolute Gasteiger partial charge is 0.342 e. The standard InChI is InChI=1S/C20H25N5O2/c1-20(2,3)15-4-6-16(7-5-15)23-18-13-21-17(12-22-18)19(27)25-10-8-24(14-26)9-11-25/h4-7,12-14H,8-11H2,1-3H3,(H,22,23). The Hall–Kier alpha value is -2.96. The van der Waals surface area contributed by atoms with Crippen molar-refractivity contribution >= 4 is 23.8 Å². The fourth-order valence-electron chi connectivity index (χ4n) is 2.90. The van der Waals surface area contributed by atoms with Crippen LogP contribution in [0, 0.1) is 0 Å². The van der Waals surface area contributed by atoms with E-state index in [4.69, 9.17) is 0 Å². The van der Waals surface area contributed by atoms with Crippen molar-refractivity contribution in [3.05, 3.63) is 47.9 Å². The zero-order valence-corrected chi connectivity index (χ0v) is 16.0. The third kappa shape index (κ3) is 4.61. The van der Waals surface area contributed by atoms with Gasteiger partial charge in [0.15, 0.2) is 0 Å². The Bertz CT molecular complexity index is 789. The summed E-state index contributed by atoms with van der Waals surface area (Å²) in [5.74, 6) is 0.426. The summed E-state index contributed by atoms with van der Waals surface area (Å²) in [6, 6.07) is 8.20. The van der Waals surface area contributed by atoms with Crippen LogP contribution in [0.25, 0.3) is 0 Å². The number of nitrogens with zero attached hydrogens (tertiary/aromatic N) is 4. The second-order valence-electron chi connectivity index (χ2n) is 7.67. The topological polar surface area (TPSA) is 78.4 Å². The van der Waals surface area contributed by atoms with Gasteiger partial charge in [0.05, 0.1) is 12.4 Å². The minimum absolute atomic E-state index is 0.109. The first-order valence-electron chi connectivity index (χ1n) is 9.05. The van der Waals surface area contributed by atoms with Gasteiger partial charge < -0.3 is 15.1 Å². The molecule has 7 heteroatoms. The van der Waals surface area contributed by atoms with Crippen molar-refractivity contribution in [2.24, 2.45) is 0 Å². The van der Waals surface area contributed by atoms with E-state index in [9.17, 15) is 9.59 Å². The van der Waals surface area contributed by atoms with Gasteiger partial charge in [0, 0.05) is 31.9 Å². The molecule has 1 fully saturated rings. The first kappa shape index (κ1) is 18.8. The number of hydrogen-bond acceptors (Lipinski definition) is 5. The minimum atomic E-state index is -0.158. The summed E-state index contributed by atoms with van der Waals surface area (Å²) in [5.41, 5.74) is 2.59. The summed E-state index contributed by atoms with van der Waals surface area (Å²) < 4.78 is 0. The quantitative estimate of drug-likeness (QED) is 0.840. The lowest BCUT2D eigenvalue weighted by atomic mass is 9.87. The van der Waals surface area contributed by atoms with Gasteiger partial charge in [0.25, 0.3) is 5.91 Å². The van der Waals surface area contributed by atoms with E-state index in [-0.39, 0.29) is 11.3 Å². The molecule has 0 unspecified atom stereocenters. The second-order valence-corrected chi connectivity index (χ2v) is 7.67. The Morgan fingerprint density at radius 1 is 1.04 bits per heavy atom. The van der Waals surface area contributed by atoms with Crippen molar-refractivity contribution in [2.45, 2.75) is 26.2 Å². The van der Waals surface area contributed by atoms with Gasteiger partial charge in [-0.25, -0.2) is 9.97 Å². The van der Waals surface area contributed by atoms with E-state index < -0.39 is 0 Å². The molecule has 0 bridgehead atoms. The summed E-state index contributed by atoms with van der Waals surface area (Å²) in [4.78, 5) is 35.2. The number of carbonyl (C=O) groups excluding carboxylic acids is 2. The van der Waals surface area contributed by atoms with E-state index in [1.807, 2.05) is 12.1 Å². The number of carbonyl (C=O) groups is 2. The highest BCUT2D eigenvalue weighted by molar-refractivity contribution is 5.92. The van der Waals surface area contributed by atoms with Crippen LogP contribution in [0.1, 0.15) is 36.8 Å². The lowest BCUT2D eigenvalue weighted by Crippen LogP contribution is -2.48. The molecule has 1 aromatic carbocycles. The maximum absolute atomic E-state index is 12.5. The van der Waals surface area contributed by atoms with Crippen LogP contribution in [-0.2, 0) is 10.2 Å². The summed E-state index contributed by atoms with van der Waals surface area (Å²) in [5, 5.41) is 3.20. The van der Waals surface area contributed by atoms with E-state index in [2.05, 4.69) is 48.2 Å². The molecule has 7 nitrogen and oxygen atoms in total. The molecule has 142 valence electrons. The van der Waals surface area contributed by atoms with Gasteiger partial charge in [-0.15, -0.1) is 0 Å². The normalized spacial score (nSPS) is 14.8. The first-order valence-corrected chi connectivity index (χ1v) is 9.05. The second kappa shape index (κ2) is 7.73. The molecule has 27 heavy (non-hydrogen) atoms. The van der Waals surface area contributed by atoms with Crippen molar-refractivity contribution in [3.63, 3.8) is 0 Å². The molecule has 1 aliphatic rings. The monoisotopic (exact) mass is 367 g/mol. The molecule has 0 radical (unpaired) electrons. The maximum atomic E-state index is 12.5. The number of amides is 2. The Morgan fingerprint density at radius 3 is 2.22 bits per heavy atom. The molecule has 2 aromatic rings. The lowest BCUT2D eigenvalue weighted by Gasteiger charge is -2.32. The highest BCUT2D eigenvalue weighted by Crippen LogP contribution is 2.24. The number of aromatic nitrogens is 2. The van der Waals surface area contributed by atoms with Gasteiger partial charge in [0.1, 0.15) is 11.5 Å². The number of nitrogens with one attached hydrogen (secondary N) is 1. The van der Waals surface area contributed by atoms with Crippen LogP contribution in [0.4, 0.5) is 11.5 Å². The summed E-state index contributed by atoms with van der Waals surface area (Å²) in [7, 11) is 0. The van der Waals surface area contributed by atoms with Gasteiger partial charge >= 0.3 is 0 Å². The molecule has 2 amide bonds. The van der Waals surface area contributed by atoms with Crippen molar-refractivity contribution in [3.8, 4) is 0 Å². The highest BCUT2D eigenvalue weighted by Gasteiger charge is 2.22. The Balaban J connectivity index is 1.62. The molecule has 2 heterocycles. The summed E-state index contributed by atoms with van der Waals surface area (Å²) >= 11 is 0. The Labute approximate surface area is 159 Å². The molecule has 0 aliphatic carbocycles. The molecule has 0 spiro atoms. The van der Waals surface area contributed by atoms with E-state index in [0.717, 1.165) is 12.1 Å². The van der Waals surface area contributed by atoms with Crippen molar-refractivity contribution in [1.29, 1.82) is 0 Å². The number of anilines is 2. The average molecular weight is 367 g/mol. The third-order valence-corrected chi connectivity index (χ3v) is 4.64. The van der Waals surface area contributed by atoms with Crippen LogP contribution in [0.3, 0.4) is 0 Å². The van der Waals surface area contributed by atoms with Crippen molar-refractivity contribution < 1.29 is 9.59 Å². The fourth-order valence-corrected chi connectivity index (χ4v) is 2.90. The zero-order valence-electron chi connectivity index (χ0n) is 16.0. The molecule has 0 atom stereocenters. The van der Waals surface area contributed by atoms with E-state index in [0.29, 0.717) is 37.7 Å². The smallest absolute Gasteiger partial charge is 0.274 e. The minimum Gasteiger partial charge on any atom is -0.342 e. The third-order valence-electron chi connectivity index (χ3n) is 4.64. The average Bonchev–Trinajstić information content (AvgIpc) is 2.68. The summed E-state index contributed by atoms with van der Waals surface area (Å²) in [6.45, 7) is 8.65. The molecule has 1 aliphatic heterocycles. The van der Waals surface area contributed by atoms with E-state index >= 15 is 0 Å². The van der Waals surface area contributed by atoms with Crippen LogP contribution < -0.4 is 5.32 Å². The van der Waals surface area contributed by atoms with Gasteiger partial charge in [-0.1, -0.05) is 32.9 Å². The molecular formula is C20H25N5O2. The molecule has 0 saturated carbocycles. The Morgan fingerprint density at radius 2 is 1.70 bits per heavy atom.